The first-order valence-corrected chi connectivity index (χ1v) is 5.91. The van der Waals surface area contributed by atoms with E-state index in [0.717, 1.165) is 28.3 Å². The summed E-state index contributed by atoms with van der Waals surface area (Å²) in [4.78, 5) is 4.39. The molecule has 4 heteroatoms. The van der Waals surface area contributed by atoms with Crippen LogP contribution in [0.5, 0.6) is 5.75 Å². The normalized spacial score (nSPS) is 10.4. The van der Waals surface area contributed by atoms with E-state index < -0.39 is 0 Å². The van der Waals surface area contributed by atoms with E-state index in [1.54, 1.807) is 7.11 Å². The Labute approximate surface area is 103 Å². The maximum Gasteiger partial charge on any atom is 0.140 e. The molecule has 1 heterocycles. The van der Waals surface area contributed by atoms with E-state index in [2.05, 4.69) is 32.4 Å². The second-order valence-corrected chi connectivity index (χ2v) is 4.19. The molecule has 0 bridgehead atoms. The molecule has 0 aliphatic rings. The molecule has 2 aromatic rings. The standard InChI is InChI=1S/C12H13BrN2O/c1-3-15-11(13)8-14-12(15)9-5-4-6-10(7-9)16-2/h4-8H,3H2,1-2H3. The maximum absolute atomic E-state index is 5.21. The third kappa shape index (κ3) is 1.97. The average Bonchev–Trinajstić information content (AvgIpc) is 2.70. The Kier molecular flexibility index (Phi) is 3.29. The van der Waals surface area contributed by atoms with Gasteiger partial charge in [0.05, 0.1) is 13.3 Å². The minimum absolute atomic E-state index is 0.847. The number of hydrogen-bond acceptors (Lipinski definition) is 2. The van der Waals surface area contributed by atoms with Crippen molar-refractivity contribution in [3.63, 3.8) is 0 Å². The molecule has 0 spiro atoms. The van der Waals surface area contributed by atoms with Crippen LogP contribution in [0.15, 0.2) is 35.1 Å². The van der Waals surface area contributed by atoms with E-state index in [4.69, 9.17) is 4.74 Å². The van der Waals surface area contributed by atoms with E-state index in [1.165, 1.54) is 0 Å². The molecular weight excluding hydrogens is 268 g/mol. The van der Waals surface area contributed by atoms with Crippen molar-refractivity contribution in [3.8, 4) is 17.1 Å². The second kappa shape index (κ2) is 4.70. The van der Waals surface area contributed by atoms with Crippen LogP contribution in [0.25, 0.3) is 11.4 Å². The topological polar surface area (TPSA) is 27.1 Å². The maximum atomic E-state index is 5.21. The smallest absolute Gasteiger partial charge is 0.140 e. The highest BCUT2D eigenvalue weighted by atomic mass is 79.9. The molecule has 16 heavy (non-hydrogen) atoms. The van der Waals surface area contributed by atoms with E-state index >= 15 is 0 Å². The van der Waals surface area contributed by atoms with Gasteiger partial charge in [0.25, 0.3) is 0 Å². The number of nitrogens with zero attached hydrogens (tertiary/aromatic N) is 2. The third-order valence-electron chi connectivity index (χ3n) is 2.45. The predicted octanol–water partition coefficient (Wildman–Crippen LogP) is 3.34. The van der Waals surface area contributed by atoms with Crippen molar-refractivity contribution in [1.82, 2.24) is 9.55 Å². The van der Waals surface area contributed by atoms with Gasteiger partial charge in [-0.3, -0.25) is 0 Å². The van der Waals surface area contributed by atoms with Crippen LogP contribution in [0.3, 0.4) is 0 Å². The summed E-state index contributed by atoms with van der Waals surface area (Å²) in [5.41, 5.74) is 1.06. The molecule has 1 aromatic carbocycles. The minimum atomic E-state index is 0.847. The molecule has 1 aromatic heterocycles. The molecule has 3 nitrogen and oxygen atoms in total. The molecule has 2 rings (SSSR count). The Bertz CT molecular complexity index is 494. The number of imidazole rings is 1. The Balaban J connectivity index is 2.49. The van der Waals surface area contributed by atoms with Gasteiger partial charge in [-0.05, 0) is 35.0 Å². The van der Waals surface area contributed by atoms with Gasteiger partial charge in [-0.1, -0.05) is 12.1 Å². The quantitative estimate of drug-likeness (QED) is 0.862. The van der Waals surface area contributed by atoms with Gasteiger partial charge in [-0.15, -0.1) is 0 Å². The zero-order chi connectivity index (χ0) is 11.5. The fourth-order valence-electron chi connectivity index (χ4n) is 1.65. The average molecular weight is 281 g/mol. The summed E-state index contributed by atoms with van der Waals surface area (Å²) >= 11 is 3.48. The summed E-state index contributed by atoms with van der Waals surface area (Å²) in [5.74, 6) is 1.80. The number of benzene rings is 1. The van der Waals surface area contributed by atoms with Crippen LogP contribution in [0.2, 0.25) is 0 Å². The SMILES string of the molecule is CCn1c(Br)cnc1-c1cccc(OC)c1. The van der Waals surface area contributed by atoms with E-state index in [1.807, 2.05) is 30.5 Å². The molecule has 0 fully saturated rings. The predicted molar refractivity (Wildman–Crippen MR) is 67.6 cm³/mol. The summed E-state index contributed by atoms with van der Waals surface area (Å²) < 4.78 is 8.31. The number of ether oxygens (including phenoxy) is 1. The number of halogens is 1. The fraction of sp³-hybridized carbons (Fsp3) is 0.250. The number of aromatic nitrogens is 2. The summed E-state index contributed by atoms with van der Waals surface area (Å²) in [6.07, 6.45) is 1.82. The first-order valence-electron chi connectivity index (χ1n) is 5.11. The molecule has 0 amide bonds. The summed E-state index contributed by atoms with van der Waals surface area (Å²) in [6.45, 7) is 2.98. The van der Waals surface area contributed by atoms with Crippen molar-refractivity contribution in [1.29, 1.82) is 0 Å². The molecule has 0 atom stereocenters. The van der Waals surface area contributed by atoms with Crippen molar-refractivity contribution in [2.24, 2.45) is 0 Å². The largest absolute Gasteiger partial charge is 0.497 e. The molecule has 0 radical (unpaired) electrons. The molecule has 0 aliphatic carbocycles. The molecule has 0 saturated carbocycles. The summed E-state index contributed by atoms with van der Waals surface area (Å²) in [7, 11) is 1.67. The van der Waals surface area contributed by atoms with Crippen molar-refractivity contribution >= 4 is 15.9 Å². The Morgan fingerprint density at radius 2 is 2.25 bits per heavy atom. The first kappa shape index (κ1) is 11.2. The summed E-state index contributed by atoms with van der Waals surface area (Å²) in [6, 6.07) is 7.92. The first-order chi connectivity index (χ1) is 7.76. The van der Waals surface area contributed by atoms with Gasteiger partial charge < -0.3 is 9.30 Å². The monoisotopic (exact) mass is 280 g/mol. The zero-order valence-corrected chi connectivity index (χ0v) is 10.9. The highest BCUT2D eigenvalue weighted by Gasteiger charge is 2.09. The lowest BCUT2D eigenvalue weighted by molar-refractivity contribution is 0.415. The highest BCUT2D eigenvalue weighted by molar-refractivity contribution is 9.10. The third-order valence-corrected chi connectivity index (χ3v) is 3.08. The molecule has 0 aliphatic heterocycles. The van der Waals surface area contributed by atoms with Gasteiger partial charge in [-0.2, -0.15) is 0 Å². The zero-order valence-electron chi connectivity index (χ0n) is 9.27. The highest BCUT2D eigenvalue weighted by Crippen LogP contribution is 2.25. The van der Waals surface area contributed by atoms with Gasteiger partial charge in [-0.25, -0.2) is 4.98 Å². The van der Waals surface area contributed by atoms with E-state index in [0.29, 0.717) is 0 Å². The molecule has 0 N–H and O–H groups in total. The Morgan fingerprint density at radius 3 is 2.94 bits per heavy atom. The van der Waals surface area contributed by atoms with Crippen LogP contribution in [0, 0.1) is 0 Å². The van der Waals surface area contributed by atoms with Crippen LogP contribution in [-0.4, -0.2) is 16.7 Å². The lowest BCUT2D eigenvalue weighted by atomic mass is 10.2. The Morgan fingerprint density at radius 1 is 1.44 bits per heavy atom. The van der Waals surface area contributed by atoms with Crippen LogP contribution in [0.1, 0.15) is 6.92 Å². The van der Waals surface area contributed by atoms with Crippen LogP contribution < -0.4 is 4.74 Å². The summed E-state index contributed by atoms with van der Waals surface area (Å²) in [5, 5.41) is 0. The van der Waals surface area contributed by atoms with E-state index in [-0.39, 0.29) is 0 Å². The van der Waals surface area contributed by atoms with Crippen LogP contribution in [0.4, 0.5) is 0 Å². The molecule has 84 valence electrons. The van der Waals surface area contributed by atoms with Gasteiger partial charge in [0, 0.05) is 12.1 Å². The number of hydrogen-bond donors (Lipinski definition) is 0. The van der Waals surface area contributed by atoms with Crippen molar-refractivity contribution in [2.45, 2.75) is 13.5 Å². The van der Waals surface area contributed by atoms with Crippen LogP contribution in [-0.2, 0) is 6.54 Å². The number of methoxy groups -OCH3 is 1. The van der Waals surface area contributed by atoms with Gasteiger partial charge in [0.1, 0.15) is 16.2 Å². The lowest BCUT2D eigenvalue weighted by Crippen LogP contribution is -1.98. The van der Waals surface area contributed by atoms with E-state index in [9.17, 15) is 0 Å². The number of rotatable bonds is 3. The molecule has 0 saturated heterocycles. The van der Waals surface area contributed by atoms with Gasteiger partial charge in [0.15, 0.2) is 0 Å². The lowest BCUT2D eigenvalue weighted by Gasteiger charge is -2.07. The van der Waals surface area contributed by atoms with Crippen LogP contribution >= 0.6 is 15.9 Å². The molecule has 0 unspecified atom stereocenters. The van der Waals surface area contributed by atoms with Gasteiger partial charge in [0.2, 0.25) is 0 Å². The van der Waals surface area contributed by atoms with Gasteiger partial charge >= 0.3 is 0 Å². The Hall–Kier alpha value is -1.29. The fourth-order valence-corrected chi connectivity index (χ4v) is 2.17. The van der Waals surface area contributed by atoms with Crippen molar-refractivity contribution in [2.75, 3.05) is 7.11 Å². The minimum Gasteiger partial charge on any atom is -0.497 e. The van der Waals surface area contributed by atoms with Crippen molar-refractivity contribution < 1.29 is 4.74 Å². The van der Waals surface area contributed by atoms with Crippen molar-refractivity contribution in [3.05, 3.63) is 35.1 Å². The second-order valence-electron chi connectivity index (χ2n) is 3.38. The molecular formula is C12H13BrN2O.